The van der Waals surface area contributed by atoms with Crippen LogP contribution in [0.15, 0.2) is 341 Å². The Morgan fingerprint density at radius 1 is 0.153 bits per heavy atom. The van der Waals surface area contributed by atoms with E-state index in [2.05, 4.69) is 334 Å². The Morgan fingerprint density at radius 3 is 0.847 bits per heavy atom. The van der Waals surface area contributed by atoms with Crippen molar-refractivity contribution in [1.29, 1.82) is 0 Å². The number of fused-ring (bicyclic) bond motifs is 54. The average molecular weight is 1720 g/mol. The van der Waals surface area contributed by atoms with E-state index >= 15 is 0 Å². The lowest BCUT2D eigenvalue weighted by atomic mass is 10.0. The first kappa shape index (κ1) is 68.7. The van der Waals surface area contributed by atoms with Crippen LogP contribution in [0.2, 0.25) is 0 Å². The Balaban J connectivity index is 0.0000000828. The van der Waals surface area contributed by atoms with Crippen molar-refractivity contribution < 1.29 is 0 Å². The summed E-state index contributed by atoms with van der Waals surface area (Å²) in [6, 6.07) is 107. The molecule has 0 amide bonds. The monoisotopic (exact) mass is 1720 g/mol. The molecule has 0 saturated heterocycles. The van der Waals surface area contributed by atoms with Gasteiger partial charge in [-0.2, -0.15) is 0 Å². The van der Waals surface area contributed by atoms with Crippen LogP contribution in [0, 0.1) is 0 Å². The number of imidazole rings is 4. The van der Waals surface area contributed by atoms with Crippen molar-refractivity contribution >= 4 is 361 Å². The van der Waals surface area contributed by atoms with Gasteiger partial charge in [0, 0.05) is 226 Å². The summed E-state index contributed by atoms with van der Waals surface area (Å²) >= 11 is 15.2. The van der Waals surface area contributed by atoms with Crippen LogP contribution in [0.3, 0.4) is 0 Å². The quantitative estimate of drug-likeness (QED) is 0.142. The summed E-state index contributed by atoms with van der Waals surface area (Å²) in [5.74, 6) is 0. The molecule has 0 aliphatic carbocycles. The predicted octanol–water partition coefficient (Wildman–Crippen LogP) is 33.5. The summed E-state index contributed by atoms with van der Waals surface area (Å²) in [6.45, 7) is 0. The van der Waals surface area contributed by atoms with Crippen molar-refractivity contribution in [3.8, 4) is 0 Å². The summed E-state index contributed by atoms with van der Waals surface area (Å²) in [5.41, 5.74) is 9.16. The minimum absolute atomic E-state index is 1.03. The molecule has 576 valence electrons. The first-order valence-corrected chi connectivity index (χ1v) is 47.8. The lowest BCUT2D eigenvalue weighted by Crippen LogP contribution is -1.90. The van der Waals surface area contributed by atoms with E-state index in [-0.39, 0.29) is 0 Å². The molecule has 32 rings (SSSR count). The van der Waals surface area contributed by atoms with E-state index in [0.717, 1.165) is 22.6 Å². The maximum atomic E-state index is 4.71. The smallest absolute Gasteiger partial charge is 0.145 e. The molecule has 0 spiro atoms. The summed E-state index contributed by atoms with van der Waals surface area (Å²) in [6.07, 6.45) is 16.0. The molecule has 0 atom stereocenters. The number of aromatic nitrogens is 8. The highest BCUT2D eigenvalue weighted by Gasteiger charge is 2.24. The van der Waals surface area contributed by atoms with Gasteiger partial charge in [-0.15, -0.1) is 90.7 Å². The van der Waals surface area contributed by atoms with Crippen LogP contribution in [-0.2, 0) is 0 Å². The first-order valence-electron chi connectivity index (χ1n) is 41.2. The van der Waals surface area contributed by atoms with E-state index in [0.29, 0.717) is 0 Å². The lowest BCUT2D eigenvalue weighted by molar-refractivity contribution is 1.28. The molecule has 8 nitrogen and oxygen atoms in total. The molecule has 16 heteroatoms. The topological polar surface area (TPSA) is 69.2 Å². The Bertz CT molecular complexity index is 10200. The first-order chi connectivity index (χ1) is 61.5. The molecule has 124 heavy (non-hydrogen) atoms. The summed E-state index contributed by atoms with van der Waals surface area (Å²) in [7, 11) is 0. The van der Waals surface area contributed by atoms with Crippen LogP contribution in [0.4, 0.5) is 0 Å². The van der Waals surface area contributed by atoms with Crippen molar-refractivity contribution in [3.05, 3.63) is 341 Å². The zero-order valence-electron chi connectivity index (χ0n) is 65.2. The second-order valence-corrected chi connectivity index (χ2v) is 40.6. The fourth-order valence-electron chi connectivity index (χ4n) is 20.5. The molecule has 0 N–H and O–H groups in total. The van der Waals surface area contributed by atoms with E-state index in [1.165, 1.54) is 248 Å². The predicted molar refractivity (Wildman–Crippen MR) is 544 cm³/mol. The van der Waals surface area contributed by atoms with Gasteiger partial charge in [0.15, 0.2) is 0 Å². The SMILES string of the molecule is c1ccc2c(c1)sc1c2ccc2c3ccc4c5ccccc5c5nccn5c4c3sc21.c1ccc2c(c1)sc1cc3c(cc12)sc1c3ccc2c3ccccc3c3nccn3c21.c1ccc2c(c1)sc1cc3sc4c(ccc5c6ccccc6c6nccn6c54)c3cc12.c1ccc2c(c1)sc1ccc3c4ccc5c6ccccc6c6nccn6c5c4sc3c12. The average Bonchev–Trinajstić information content (AvgIpc) is 1.55. The van der Waals surface area contributed by atoms with Gasteiger partial charge in [0.25, 0.3) is 0 Å². The number of rotatable bonds is 0. The zero-order valence-corrected chi connectivity index (χ0v) is 71.7. The molecule has 0 fully saturated rings. The summed E-state index contributed by atoms with van der Waals surface area (Å²) in [4.78, 5) is 18.8. The van der Waals surface area contributed by atoms with Crippen molar-refractivity contribution in [3.63, 3.8) is 0 Å². The maximum Gasteiger partial charge on any atom is 0.145 e. The number of benzene rings is 16. The second-order valence-electron chi connectivity index (χ2n) is 32.1. The molecule has 16 aromatic heterocycles. The van der Waals surface area contributed by atoms with Crippen LogP contribution in [0.25, 0.3) is 271 Å². The lowest BCUT2D eigenvalue weighted by Gasteiger charge is -2.09. The molecule has 0 unspecified atom stereocenters. The van der Waals surface area contributed by atoms with Crippen LogP contribution in [-0.4, -0.2) is 37.5 Å². The van der Waals surface area contributed by atoms with Crippen LogP contribution < -0.4 is 0 Å². The number of hydrogen-bond donors (Lipinski definition) is 0. The standard InChI is InChI=1S/4C27H14N2S2/c1-2-7-19-15(5-1)17-9-10-18-21-14-23-20(16-6-3-4-8-22(16)30-23)13-24(21)31-26(18)25(17)29-12-11-28-27(19)29;1-2-7-19-15(5-1)17-9-10-18-21-13-20-16-6-3-4-8-22(16)30-23(20)14-24(21)31-26(18)25(17)29-12-11-28-27(19)29;1-2-7-21-15(5-1)17-9-10-19-20-12-11-18-16-6-3-4-8-22(16)30-25(18)26(20)31-24(19)23(17)29-14-13-28-27(21)29;1-2-6-19-15(5-1)16-9-10-18-17-11-12-22-23(20-7-3-4-8-21(20)30-22)25(17)31-26(18)24(16)29-14-13-28-27(19)29/h4*1-14H. The summed E-state index contributed by atoms with van der Waals surface area (Å²) < 4.78 is 30.8. The molecule has 16 aromatic carbocycles. The van der Waals surface area contributed by atoms with E-state index < -0.39 is 0 Å². The van der Waals surface area contributed by atoms with Gasteiger partial charge in [0.1, 0.15) is 22.6 Å². The molecule has 16 heterocycles. The summed E-state index contributed by atoms with van der Waals surface area (Å²) in [5, 5.41) is 36.6. The maximum absolute atomic E-state index is 4.71. The third-order valence-corrected chi connectivity index (χ3v) is 35.4. The number of pyridine rings is 4. The van der Waals surface area contributed by atoms with Crippen molar-refractivity contribution in [2.45, 2.75) is 0 Å². The Labute approximate surface area is 732 Å². The third-order valence-electron chi connectivity index (χ3n) is 25.8. The molecule has 0 aliphatic heterocycles. The van der Waals surface area contributed by atoms with Gasteiger partial charge in [-0.3, -0.25) is 17.6 Å². The van der Waals surface area contributed by atoms with Crippen molar-refractivity contribution in [1.82, 2.24) is 37.5 Å². The number of hydrogen-bond acceptors (Lipinski definition) is 12. The second kappa shape index (κ2) is 25.9. The normalized spacial score (nSPS) is 12.5. The molecule has 0 bridgehead atoms. The molecule has 32 aromatic rings. The molecular formula is C108H56N8S8. The zero-order chi connectivity index (χ0) is 80.4. The van der Waals surface area contributed by atoms with Gasteiger partial charge in [0.05, 0.1) is 50.3 Å². The fraction of sp³-hybridized carbons (Fsp3) is 0. The van der Waals surface area contributed by atoms with E-state index in [9.17, 15) is 0 Å². The Hall–Kier alpha value is -13.9. The minimum atomic E-state index is 1.03. The Kier molecular flexibility index (Phi) is 14.3. The van der Waals surface area contributed by atoms with Crippen LogP contribution in [0.1, 0.15) is 0 Å². The molecule has 0 aliphatic rings. The fourth-order valence-corrected chi connectivity index (χ4v) is 30.6. The number of thiophene rings is 8. The molecular weight excluding hydrogens is 1670 g/mol. The van der Waals surface area contributed by atoms with Crippen molar-refractivity contribution in [2.24, 2.45) is 0 Å². The van der Waals surface area contributed by atoms with Gasteiger partial charge >= 0.3 is 0 Å². The van der Waals surface area contributed by atoms with Crippen LogP contribution >= 0.6 is 90.7 Å². The minimum Gasteiger partial charge on any atom is -0.298 e. The highest BCUT2D eigenvalue weighted by molar-refractivity contribution is 7.34. The van der Waals surface area contributed by atoms with Gasteiger partial charge in [-0.05, 0) is 76.1 Å². The van der Waals surface area contributed by atoms with E-state index in [1.54, 1.807) is 0 Å². The van der Waals surface area contributed by atoms with E-state index in [1.807, 2.05) is 115 Å². The van der Waals surface area contributed by atoms with Crippen molar-refractivity contribution in [2.75, 3.05) is 0 Å². The highest BCUT2D eigenvalue weighted by Crippen LogP contribution is 2.53. The largest absolute Gasteiger partial charge is 0.298 e. The highest BCUT2D eigenvalue weighted by atomic mass is 32.1. The van der Waals surface area contributed by atoms with E-state index in [4.69, 9.17) is 19.9 Å². The van der Waals surface area contributed by atoms with Crippen LogP contribution in [0.5, 0.6) is 0 Å². The number of nitrogens with zero attached hydrogens (tertiary/aromatic N) is 8. The van der Waals surface area contributed by atoms with Gasteiger partial charge < -0.3 is 0 Å². The molecule has 0 radical (unpaired) electrons. The van der Waals surface area contributed by atoms with Gasteiger partial charge in [-0.1, -0.05) is 237 Å². The van der Waals surface area contributed by atoms with Gasteiger partial charge in [0.2, 0.25) is 0 Å². The molecule has 0 saturated carbocycles. The Morgan fingerprint density at radius 2 is 0.403 bits per heavy atom. The third kappa shape index (κ3) is 9.57. The van der Waals surface area contributed by atoms with Gasteiger partial charge in [-0.25, -0.2) is 19.9 Å².